The number of thiophene rings is 1. The predicted molar refractivity (Wildman–Crippen MR) is 64.5 cm³/mol. The molecule has 1 aromatic carbocycles. The van der Waals surface area contributed by atoms with Crippen molar-refractivity contribution >= 4 is 17.6 Å². The Morgan fingerprint density at radius 3 is 2.60 bits per heavy atom. The third-order valence-electron chi connectivity index (χ3n) is 2.35. The van der Waals surface area contributed by atoms with Crippen molar-refractivity contribution in [2.24, 2.45) is 0 Å². The molecule has 0 N–H and O–H groups in total. The van der Waals surface area contributed by atoms with E-state index in [1.54, 1.807) is 11.3 Å². The molecule has 0 saturated heterocycles. The van der Waals surface area contributed by atoms with E-state index in [0.717, 1.165) is 17.6 Å². The predicted octanol–water partition coefficient (Wildman–Crippen LogP) is 3.79. The van der Waals surface area contributed by atoms with Crippen LogP contribution in [0.2, 0.25) is 0 Å². The molecule has 1 aromatic heterocycles. The Morgan fingerprint density at radius 2 is 2.00 bits per heavy atom. The van der Waals surface area contributed by atoms with E-state index in [4.69, 9.17) is 0 Å². The average molecular weight is 216 g/mol. The van der Waals surface area contributed by atoms with Gasteiger partial charge in [0.15, 0.2) is 6.29 Å². The zero-order chi connectivity index (χ0) is 10.7. The maximum absolute atomic E-state index is 10.7. The number of rotatable bonds is 3. The lowest BCUT2D eigenvalue weighted by Crippen LogP contribution is -1.79. The van der Waals surface area contributed by atoms with Crippen molar-refractivity contribution in [3.05, 3.63) is 46.2 Å². The summed E-state index contributed by atoms with van der Waals surface area (Å²) >= 11 is 1.59. The van der Waals surface area contributed by atoms with Crippen LogP contribution >= 0.6 is 11.3 Å². The number of benzene rings is 1. The van der Waals surface area contributed by atoms with E-state index < -0.39 is 0 Å². The minimum atomic E-state index is 0.811. The van der Waals surface area contributed by atoms with Gasteiger partial charge in [0.1, 0.15) is 0 Å². The Balaban J connectivity index is 2.52. The molecule has 0 aliphatic carbocycles. The molecule has 0 atom stereocenters. The Morgan fingerprint density at radius 1 is 1.27 bits per heavy atom. The first kappa shape index (κ1) is 10.1. The average Bonchev–Trinajstić information content (AvgIpc) is 2.73. The Kier molecular flexibility index (Phi) is 2.97. The third kappa shape index (κ3) is 2.00. The summed E-state index contributed by atoms with van der Waals surface area (Å²) in [5.74, 6) is 0. The van der Waals surface area contributed by atoms with Crippen molar-refractivity contribution in [1.82, 2.24) is 0 Å². The van der Waals surface area contributed by atoms with Crippen LogP contribution in [-0.4, -0.2) is 6.29 Å². The van der Waals surface area contributed by atoms with Crippen LogP contribution in [-0.2, 0) is 6.42 Å². The highest BCUT2D eigenvalue weighted by atomic mass is 32.1. The topological polar surface area (TPSA) is 17.1 Å². The number of hydrogen-bond donors (Lipinski definition) is 0. The summed E-state index contributed by atoms with van der Waals surface area (Å²) in [6.07, 6.45) is 1.90. The molecule has 1 heterocycles. The van der Waals surface area contributed by atoms with E-state index in [1.807, 2.05) is 24.3 Å². The van der Waals surface area contributed by atoms with Crippen LogP contribution in [0.25, 0.3) is 11.1 Å². The molecule has 0 spiro atoms. The van der Waals surface area contributed by atoms with Crippen LogP contribution < -0.4 is 0 Å². The van der Waals surface area contributed by atoms with Crippen LogP contribution in [0.4, 0.5) is 0 Å². The molecule has 0 aliphatic rings. The molecule has 2 rings (SSSR count). The molecule has 0 unspecified atom stereocenters. The van der Waals surface area contributed by atoms with Gasteiger partial charge in [-0.25, -0.2) is 0 Å². The number of carbonyl (C=O) groups excluding carboxylic acids is 1. The molecule has 0 amide bonds. The first-order valence-corrected chi connectivity index (χ1v) is 5.80. The first-order chi connectivity index (χ1) is 7.35. The second kappa shape index (κ2) is 4.41. The second-order valence-corrected chi connectivity index (χ2v) is 4.49. The van der Waals surface area contributed by atoms with Gasteiger partial charge < -0.3 is 0 Å². The molecule has 2 aromatic rings. The summed E-state index contributed by atoms with van der Waals surface area (Å²) in [6, 6.07) is 12.2. The molecular formula is C13H12OS. The van der Waals surface area contributed by atoms with Gasteiger partial charge in [-0.15, -0.1) is 11.3 Å². The SMILES string of the molecule is CCc1sc(C=O)cc1-c1ccccc1. The molecule has 0 saturated carbocycles. The minimum Gasteiger partial charge on any atom is -0.297 e. The van der Waals surface area contributed by atoms with E-state index in [1.165, 1.54) is 16.0 Å². The minimum absolute atomic E-state index is 0.811. The maximum Gasteiger partial charge on any atom is 0.160 e. The third-order valence-corrected chi connectivity index (χ3v) is 3.55. The molecule has 0 radical (unpaired) electrons. The van der Waals surface area contributed by atoms with E-state index in [2.05, 4.69) is 19.1 Å². The van der Waals surface area contributed by atoms with E-state index >= 15 is 0 Å². The fraction of sp³-hybridized carbons (Fsp3) is 0.154. The highest BCUT2D eigenvalue weighted by Crippen LogP contribution is 2.31. The van der Waals surface area contributed by atoms with Crippen molar-refractivity contribution in [3.8, 4) is 11.1 Å². The van der Waals surface area contributed by atoms with Crippen molar-refractivity contribution in [2.75, 3.05) is 0 Å². The van der Waals surface area contributed by atoms with Gasteiger partial charge in [-0.1, -0.05) is 37.3 Å². The quantitative estimate of drug-likeness (QED) is 0.713. The summed E-state index contributed by atoms with van der Waals surface area (Å²) in [7, 11) is 0. The summed E-state index contributed by atoms with van der Waals surface area (Å²) in [4.78, 5) is 12.8. The summed E-state index contributed by atoms with van der Waals surface area (Å²) < 4.78 is 0. The van der Waals surface area contributed by atoms with E-state index in [0.29, 0.717) is 0 Å². The van der Waals surface area contributed by atoms with Gasteiger partial charge in [0.25, 0.3) is 0 Å². The fourth-order valence-corrected chi connectivity index (χ4v) is 2.57. The number of carbonyl (C=O) groups is 1. The molecule has 15 heavy (non-hydrogen) atoms. The van der Waals surface area contributed by atoms with Gasteiger partial charge in [0, 0.05) is 4.88 Å². The Labute approximate surface area is 93.4 Å². The smallest absolute Gasteiger partial charge is 0.160 e. The standard InChI is InChI=1S/C13H12OS/c1-2-13-12(8-11(9-14)15-13)10-6-4-3-5-7-10/h3-9H,2H2,1H3. The van der Waals surface area contributed by atoms with Gasteiger partial charge in [-0.05, 0) is 23.6 Å². The zero-order valence-electron chi connectivity index (χ0n) is 8.57. The lowest BCUT2D eigenvalue weighted by molar-refractivity contribution is 0.112. The first-order valence-electron chi connectivity index (χ1n) is 4.98. The Bertz CT molecular complexity index is 457. The molecule has 2 heteroatoms. The van der Waals surface area contributed by atoms with Gasteiger partial charge in [0.05, 0.1) is 4.88 Å². The van der Waals surface area contributed by atoms with Crippen molar-refractivity contribution in [3.63, 3.8) is 0 Å². The van der Waals surface area contributed by atoms with Gasteiger partial charge in [-0.2, -0.15) is 0 Å². The molecule has 0 bridgehead atoms. The fourth-order valence-electron chi connectivity index (χ4n) is 1.63. The lowest BCUT2D eigenvalue weighted by Gasteiger charge is -2.00. The lowest BCUT2D eigenvalue weighted by atomic mass is 10.1. The highest BCUT2D eigenvalue weighted by molar-refractivity contribution is 7.14. The maximum atomic E-state index is 10.7. The van der Waals surface area contributed by atoms with Crippen molar-refractivity contribution in [1.29, 1.82) is 0 Å². The zero-order valence-corrected chi connectivity index (χ0v) is 9.38. The van der Waals surface area contributed by atoms with E-state index in [9.17, 15) is 4.79 Å². The highest BCUT2D eigenvalue weighted by Gasteiger charge is 2.08. The monoisotopic (exact) mass is 216 g/mol. The van der Waals surface area contributed by atoms with Crippen LogP contribution in [0.1, 0.15) is 21.5 Å². The van der Waals surface area contributed by atoms with Crippen LogP contribution in [0, 0.1) is 0 Å². The molecule has 76 valence electrons. The molecular weight excluding hydrogens is 204 g/mol. The van der Waals surface area contributed by atoms with Gasteiger partial charge >= 0.3 is 0 Å². The second-order valence-electron chi connectivity index (χ2n) is 3.32. The summed E-state index contributed by atoms with van der Waals surface area (Å²) in [5.41, 5.74) is 2.39. The number of aldehydes is 1. The summed E-state index contributed by atoms with van der Waals surface area (Å²) in [6.45, 7) is 2.12. The normalized spacial score (nSPS) is 10.2. The molecule has 1 nitrogen and oxygen atoms in total. The number of aryl methyl sites for hydroxylation is 1. The van der Waals surface area contributed by atoms with Crippen LogP contribution in [0.15, 0.2) is 36.4 Å². The molecule has 0 aliphatic heterocycles. The van der Waals surface area contributed by atoms with Crippen molar-refractivity contribution < 1.29 is 4.79 Å². The van der Waals surface area contributed by atoms with E-state index in [-0.39, 0.29) is 0 Å². The Hall–Kier alpha value is -1.41. The van der Waals surface area contributed by atoms with Gasteiger partial charge in [0.2, 0.25) is 0 Å². The van der Waals surface area contributed by atoms with Crippen LogP contribution in [0.3, 0.4) is 0 Å². The molecule has 0 fully saturated rings. The number of hydrogen-bond acceptors (Lipinski definition) is 2. The van der Waals surface area contributed by atoms with Crippen LogP contribution in [0.5, 0.6) is 0 Å². The van der Waals surface area contributed by atoms with Crippen molar-refractivity contribution in [2.45, 2.75) is 13.3 Å². The summed E-state index contributed by atoms with van der Waals surface area (Å²) in [5, 5.41) is 0. The largest absolute Gasteiger partial charge is 0.297 e. The van der Waals surface area contributed by atoms with Gasteiger partial charge in [-0.3, -0.25) is 4.79 Å².